The standard InChI is InChI=1S/C23H21BrN2O5/c24-19-7-8-21(31-14-15-3-5-16(6-4-15)23(28)29)17(11-19)10-18(12-25)22(27)26-13-20-2-1-9-30-20/h3-8,10-11,20H,1-2,9,13-14H2,(H,26,27)(H,28,29)/b18-10+/t20-/m1/s1. The number of benzene rings is 2. The summed E-state index contributed by atoms with van der Waals surface area (Å²) in [4.78, 5) is 23.4. The molecule has 3 rings (SSSR count). The van der Waals surface area contributed by atoms with Crippen LogP contribution in [0.15, 0.2) is 52.5 Å². The van der Waals surface area contributed by atoms with Crippen molar-refractivity contribution in [1.82, 2.24) is 5.32 Å². The van der Waals surface area contributed by atoms with Crippen LogP contribution < -0.4 is 10.1 Å². The van der Waals surface area contributed by atoms with Crippen molar-refractivity contribution in [3.63, 3.8) is 0 Å². The van der Waals surface area contributed by atoms with Crippen LogP contribution in [0.1, 0.15) is 34.3 Å². The molecule has 160 valence electrons. The van der Waals surface area contributed by atoms with Gasteiger partial charge in [0.1, 0.15) is 24.0 Å². The second-order valence-corrected chi connectivity index (χ2v) is 7.90. The minimum atomic E-state index is -0.991. The Balaban J connectivity index is 1.72. The maximum atomic E-state index is 12.4. The van der Waals surface area contributed by atoms with Gasteiger partial charge in [0.05, 0.1) is 11.7 Å². The molecule has 2 N–H and O–H groups in total. The number of hydrogen-bond donors (Lipinski definition) is 2. The summed E-state index contributed by atoms with van der Waals surface area (Å²) in [7, 11) is 0. The van der Waals surface area contributed by atoms with E-state index in [0.29, 0.717) is 24.5 Å². The first-order chi connectivity index (χ1) is 15.0. The summed E-state index contributed by atoms with van der Waals surface area (Å²) in [6, 6.07) is 13.6. The lowest BCUT2D eigenvalue weighted by Crippen LogP contribution is -2.32. The Hall–Kier alpha value is -3.15. The maximum absolute atomic E-state index is 12.4. The van der Waals surface area contributed by atoms with Crippen molar-refractivity contribution >= 4 is 33.9 Å². The van der Waals surface area contributed by atoms with Crippen LogP contribution in [0.4, 0.5) is 0 Å². The molecule has 0 aliphatic carbocycles. The number of carbonyl (C=O) groups is 2. The summed E-state index contributed by atoms with van der Waals surface area (Å²) in [6.07, 6.45) is 3.34. The topological polar surface area (TPSA) is 109 Å². The fourth-order valence-corrected chi connectivity index (χ4v) is 3.46. The fourth-order valence-electron chi connectivity index (χ4n) is 3.08. The van der Waals surface area contributed by atoms with Crippen LogP contribution in [-0.2, 0) is 16.1 Å². The monoisotopic (exact) mass is 484 g/mol. The van der Waals surface area contributed by atoms with Gasteiger partial charge in [0, 0.05) is 23.2 Å². The van der Waals surface area contributed by atoms with E-state index in [-0.39, 0.29) is 23.8 Å². The van der Waals surface area contributed by atoms with Crippen LogP contribution in [0.25, 0.3) is 6.08 Å². The summed E-state index contributed by atoms with van der Waals surface area (Å²) < 4.78 is 12.1. The first-order valence-electron chi connectivity index (χ1n) is 9.72. The van der Waals surface area contributed by atoms with Crippen LogP contribution in [-0.4, -0.2) is 36.2 Å². The second kappa shape index (κ2) is 10.8. The van der Waals surface area contributed by atoms with E-state index < -0.39 is 11.9 Å². The van der Waals surface area contributed by atoms with Crippen LogP contribution in [0.5, 0.6) is 5.75 Å². The van der Waals surface area contributed by atoms with Gasteiger partial charge in [0.15, 0.2) is 0 Å². The zero-order valence-corrected chi connectivity index (χ0v) is 18.2. The number of nitrogens with zero attached hydrogens (tertiary/aromatic N) is 1. The van der Waals surface area contributed by atoms with E-state index in [9.17, 15) is 14.9 Å². The van der Waals surface area contributed by atoms with Crippen molar-refractivity contribution in [2.45, 2.75) is 25.6 Å². The SMILES string of the molecule is N#C/C(=C\c1cc(Br)ccc1OCc1ccc(C(=O)O)cc1)C(=O)NC[C@H]1CCCO1. The number of aromatic carboxylic acids is 1. The van der Waals surface area contributed by atoms with E-state index in [2.05, 4.69) is 21.2 Å². The highest BCUT2D eigenvalue weighted by Crippen LogP contribution is 2.26. The Kier molecular flexibility index (Phi) is 7.82. The van der Waals surface area contributed by atoms with Gasteiger partial charge in [-0.15, -0.1) is 0 Å². The van der Waals surface area contributed by atoms with Crippen LogP contribution in [0.3, 0.4) is 0 Å². The molecule has 1 aliphatic rings. The molecule has 1 aliphatic heterocycles. The smallest absolute Gasteiger partial charge is 0.335 e. The Labute approximate surface area is 188 Å². The molecule has 0 spiro atoms. The van der Waals surface area contributed by atoms with Gasteiger partial charge in [-0.3, -0.25) is 4.79 Å². The lowest BCUT2D eigenvalue weighted by molar-refractivity contribution is -0.117. The first-order valence-corrected chi connectivity index (χ1v) is 10.5. The highest BCUT2D eigenvalue weighted by molar-refractivity contribution is 9.10. The third-order valence-electron chi connectivity index (χ3n) is 4.75. The Morgan fingerprint density at radius 2 is 2.06 bits per heavy atom. The van der Waals surface area contributed by atoms with Gasteiger partial charge in [0.2, 0.25) is 0 Å². The molecule has 7 nitrogen and oxygen atoms in total. The minimum Gasteiger partial charge on any atom is -0.488 e. The zero-order valence-electron chi connectivity index (χ0n) is 16.6. The number of ether oxygens (including phenoxy) is 2. The van der Waals surface area contributed by atoms with Crippen LogP contribution >= 0.6 is 15.9 Å². The molecule has 0 aromatic heterocycles. The maximum Gasteiger partial charge on any atom is 0.335 e. The molecule has 0 saturated carbocycles. The molecule has 2 aromatic carbocycles. The lowest BCUT2D eigenvalue weighted by Gasteiger charge is -2.12. The number of nitriles is 1. The number of nitrogens with one attached hydrogen (secondary N) is 1. The van der Waals surface area contributed by atoms with E-state index in [1.165, 1.54) is 18.2 Å². The molecule has 2 aromatic rings. The molecule has 0 unspecified atom stereocenters. The Morgan fingerprint density at radius 3 is 2.71 bits per heavy atom. The quantitative estimate of drug-likeness (QED) is 0.433. The van der Waals surface area contributed by atoms with Gasteiger partial charge < -0.3 is 19.9 Å². The number of carbonyl (C=O) groups excluding carboxylic acids is 1. The van der Waals surface area contributed by atoms with Gasteiger partial charge in [-0.1, -0.05) is 28.1 Å². The van der Waals surface area contributed by atoms with E-state index >= 15 is 0 Å². The summed E-state index contributed by atoms with van der Waals surface area (Å²) in [6.45, 7) is 1.26. The van der Waals surface area contributed by atoms with Crippen molar-refractivity contribution in [1.29, 1.82) is 5.26 Å². The van der Waals surface area contributed by atoms with Crippen LogP contribution in [0, 0.1) is 11.3 Å². The number of hydrogen-bond acceptors (Lipinski definition) is 5. The van der Waals surface area contributed by atoms with Gasteiger partial charge in [-0.25, -0.2) is 4.79 Å². The molecule has 1 amide bonds. The van der Waals surface area contributed by atoms with Gasteiger partial charge >= 0.3 is 5.97 Å². The number of halogens is 1. The van der Waals surface area contributed by atoms with Crippen molar-refractivity contribution in [3.05, 3.63) is 69.2 Å². The first kappa shape index (κ1) is 22.5. The molecule has 0 bridgehead atoms. The summed E-state index contributed by atoms with van der Waals surface area (Å²) in [5, 5.41) is 21.2. The van der Waals surface area contributed by atoms with Gasteiger partial charge in [-0.05, 0) is 54.8 Å². The molecular weight excluding hydrogens is 464 g/mol. The lowest BCUT2D eigenvalue weighted by atomic mass is 10.1. The third-order valence-corrected chi connectivity index (χ3v) is 5.24. The third kappa shape index (κ3) is 6.41. The van der Waals surface area contributed by atoms with Gasteiger partial charge in [-0.2, -0.15) is 5.26 Å². The molecule has 1 atom stereocenters. The number of carboxylic acids is 1. The predicted molar refractivity (Wildman–Crippen MR) is 117 cm³/mol. The van der Waals surface area contributed by atoms with Crippen molar-refractivity contribution < 1.29 is 24.2 Å². The van der Waals surface area contributed by atoms with Crippen molar-refractivity contribution in [2.24, 2.45) is 0 Å². The summed E-state index contributed by atoms with van der Waals surface area (Å²) in [5.74, 6) is -0.965. The van der Waals surface area contributed by atoms with Crippen molar-refractivity contribution in [2.75, 3.05) is 13.2 Å². The Bertz CT molecular complexity index is 1020. The van der Waals surface area contributed by atoms with E-state index in [1.54, 1.807) is 30.3 Å². The highest BCUT2D eigenvalue weighted by Gasteiger charge is 2.18. The number of carboxylic acid groups (broad SMARTS) is 1. The highest BCUT2D eigenvalue weighted by atomic mass is 79.9. The molecule has 31 heavy (non-hydrogen) atoms. The van der Waals surface area contributed by atoms with E-state index in [4.69, 9.17) is 14.6 Å². The summed E-state index contributed by atoms with van der Waals surface area (Å²) in [5.41, 5.74) is 1.52. The largest absolute Gasteiger partial charge is 0.488 e. The Morgan fingerprint density at radius 1 is 1.29 bits per heavy atom. The van der Waals surface area contributed by atoms with Crippen molar-refractivity contribution in [3.8, 4) is 11.8 Å². The number of rotatable bonds is 8. The molecule has 0 radical (unpaired) electrons. The van der Waals surface area contributed by atoms with Gasteiger partial charge in [0.25, 0.3) is 5.91 Å². The number of amides is 1. The molecule has 1 fully saturated rings. The molecule has 1 saturated heterocycles. The van der Waals surface area contributed by atoms with E-state index in [0.717, 1.165) is 22.9 Å². The molecule has 8 heteroatoms. The zero-order chi connectivity index (χ0) is 22.2. The minimum absolute atomic E-state index is 0.0128. The molecular formula is C23H21BrN2O5. The fraction of sp³-hybridized carbons (Fsp3) is 0.261. The average Bonchev–Trinajstić information content (AvgIpc) is 3.29. The van der Waals surface area contributed by atoms with E-state index in [1.807, 2.05) is 6.07 Å². The average molecular weight is 485 g/mol. The second-order valence-electron chi connectivity index (χ2n) is 6.99. The predicted octanol–water partition coefficient (Wildman–Crippen LogP) is 3.93. The normalized spacial score (nSPS) is 15.9. The summed E-state index contributed by atoms with van der Waals surface area (Å²) >= 11 is 3.40. The molecule has 1 heterocycles. The van der Waals surface area contributed by atoms with Crippen LogP contribution in [0.2, 0.25) is 0 Å².